The predicted octanol–water partition coefficient (Wildman–Crippen LogP) is 1.79. The second kappa shape index (κ2) is 3.64. The highest BCUT2D eigenvalue weighted by Gasteiger charge is 2.12. The summed E-state index contributed by atoms with van der Waals surface area (Å²) < 4.78 is 1.57. The summed E-state index contributed by atoms with van der Waals surface area (Å²) >= 11 is 11.7. The van der Waals surface area contributed by atoms with Crippen LogP contribution in [-0.2, 0) is 13.6 Å². The van der Waals surface area contributed by atoms with E-state index in [1.54, 1.807) is 11.7 Å². The van der Waals surface area contributed by atoms with E-state index >= 15 is 0 Å². The van der Waals surface area contributed by atoms with E-state index < -0.39 is 0 Å². The van der Waals surface area contributed by atoms with Crippen LogP contribution in [0.2, 0.25) is 10.2 Å². The molecule has 0 aromatic carbocycles. The monoisotopic (exact) mass is 207 g/mol. The van der Waals surface area contributed by atoms with E-state index in [0.29, 0.717) is 16.7 Å². The van der Waals surface area contributed by atoms with Crippen molar-refractivity contribution in [3.8, 4) is 0 Å². The molecule has 0 aliphatic heterocycles. The van der Waals surface area contributed by atoms with Gasteiger partial charge in [0.2, 0.25) is 0 Å². The van der Waals surface area contributed by atoms with Crippen LogP contribution in [0.4, 0.5) is 0 Å². The smallest absolute Gasteiger partial charge is 0.145 e. The molecule has 1 aromatic rings. The standard InChI is InChI=1S/C7H11Cl2N3/c1-11(2)4-5-6(8)7(9)12(3)10-5/h4H2,1-3H3. The van der Waals surface area contributed by atoms with Crippen molar-refractivity contribution < 1.29 is 0 Å². The zero-order chi connectivity index (χ0) is 9.30. The third kappa shape index (κ3) is 1.91. The van der Waals surface area contributed by atoms with Crippen molar-refractivity contribution in [2.75, 3.05) is 14.1 Å². The summed E-state index contributed by atoms with van der Waals surface area (Å²) in [5, 5.41) is 5.20. The predicted molar refractivity (Wildman–Crippen MR) is 50.6 cm³/mol. The summed E-state index contributed by atoms with van der Waals surface area (Å²) in [6.45, 7) is 0.708. The van der Waals surface area contributed by atoms with Crippen molar-refractivity contribution in [1.29, 1.82) is 0 Å². The maximum absolute atomic E-state index is 5.92. The Labute approximate surface area is 81.9 Å². The molecule has 0 amide bonds. The molecule has 0 fully saturated rings. The fourth-order valence-electron chi connectivity index (χ4n) is 0.931. The Morgan fingerprint density at radius 3 is 2.33 bits per heavy atom. The molecule has 0 N–H and O–H groups in total. The fourth-order valence-corrected chi connectivity index (χ4v) is 1.30. The van der Waals surface area contributed by atoms with Gasteiger partial charge in [-0.25, -0.2) is 0 Å². The minimum Gasteiger partial charge on any atom is -0.303 e. The zero-order valence-corrected chi connectivity index (χ0v) is 8.82. The maximum Gasteiger partial charge on any atom is 0.145 e. The van der Waals surface area contributed by atoms with E-state index in [4.69, 9.17) is 23.2 Å². The van der Waals surface area contributed by atoms with E-state index in [1.165, 1.54) is 0 Å². The molecule has 1 rings (SSSR count). The first-order valence-corrected chi connectivity index (χ1v) is 4.29. The number of halogens is 2. The first-order valence-electron chi connectivity index (χ1n) is 3.54. The second-order valence-corrected chi connectivity index (χ2v) is 3.65. The van der Waals surface area contributed by atoms with Gasteiger partial charge in [-0.15, -0.1) is 0 Å². The van der Waals surface area contributed by atoms with Crippen LogP contribution in [0.1, 0.15) is 5.69 Å². The van der Waals surface area contributed by atoms with Crippen molar-refractivity contribution >= 4 is 23.2 Å². The van der Waals surface area contributed by atoms with Gasteiger partial charge >= 0.3 is 0 Å². The molecule has 12 heavy (non-hydrogen) atoms. The molecule has 0 aliphatic carbocycles. The van der Waals surface area contributed by atoms with Crippen LogP contribution in [0.5, 0.6) is 0 Å². The van der Waals surface area contributed by atoms with Crippen LogP contribution in [0.15, 0.2) is 0 Å². The van der Waals surface area contributed by atoms with Crippen LogP contribution in [0.3, 0.4) is 0 Å². The molecule has 1 aromatic heterocycles. The van der Waals surface area contributed by atoms with Crippen molar-refractivity contribution in [1.82, 2.24) is 14.7 Å². The zero-order valence-electron chi connectivity index (χ0n) is 7.30. The number of hydrogen-bond acceptors (Lipinski definition) is 2. The molecule has 68 valence electrons. The number of nitrogens with zero attached hydrogens (tertiary/aromatic N) is 3. The molecule has 0 unspecified atom stereocenters. The van der Waals surface area contributed by atoms with Crippen LogP contribution in [-0.4, -0.2) is 28.8 Å². The van der Waals surface area contributed by atoms with Gasteiger partial charge in [-0.1, -0.05) is 23.2 Å². The summed E-state index contributed by atoms with van der Waals surface area (Å²) in [6.07, 6.45) is 0. The molecular weight excluding hydrogens is 197 g/mol. The van der Waals surface area contributed by atoms with Crippen molar-refractivity contribution in [3.05, 3.63) is 15.9 Å². The molecule has 0 aliphatic rings. The highest BCUT2D eigenvalue weighted by Crippen LogP contribution is 2.25. The van der Waals surface area contributed by atoms with Crippen molar-refractivity contribution in [2.45, 2.75) is 6.54 Å². The average molecular weight is 208 g/mol. The number of hydrogen-bond donors (Lipinski definition) is 0. The lowest BCUT2D eigenvalue weighted by Crippen LogP contribution is -2.11. The van der Waals surface area contributed by atoms with E-state index in [0.717, 1.165) is 5.69 Å². The third-order valence-electron chi connectivity index (χ3n) is 1.46. The molecule has 0 bridgehead atoms. The second-order valence-electron chi connectivity index (χ2n) is 2.91. The molecule has 0 saturated carbocycles. The largest absolute Gasteiger partial charge is 0.303 e. The highest BCUT2D eigenvalue weighted by molar-refractivity contribution is 6.41. The van der Waals surface area contributed by atoms with Crippen LogP contribution < -0.4 is 0 Å². The van der Waals surface area contributed by atoms with E-state index in [-0.39, 0.29) is 0 Å². The summed E-state index contributed by atoms with van der Waals surface area (Å²) in [5.74, 6) is 0. The molecular formula is C7H11Cl2N3. The Balaban J connectivity index is 2.93. The van der Waals surface area contributed by atoms with Crippen molar-refractivity contribution in [3.63, 3.8) is 0 Å². The van der Waals surface area contributed by atoms with E-state index in [1.807, 2.05) is 19.0 Å². The Hall–Kier alpha value is -0.250. The van der Waals surface area contributed by atoms with Gasteiger partial charge in [-0.2, -0.15) is 5.10 Å². The van der Waals surface area contributed by atoms with Crippen molar-refractivity contribution in [2.24, 2.45) is 7.05 Å². The molecule has 0 atom stereocenters. The Bertz CT molecular complexity index is 280. The normalized spacial score (nSPS) is 11.2. The Morgan fingerprint density at radius 2 is 2.00 bits per heavy atom. The van der Waals surface area contributed by atoms with Crippen LogP contribution in [0.25, 0.3) is 0 Å². The minimum absolute atomic E-state index is 0.494. The van der Waals surface area contributed by atoms with E-state index in [9.17, 15) is 0 Å². The van der Waals surface area contributed by atoms with Gasteiger partial charge < -0.3 is 4.90 Å². The minimum atomic E-state index is 0.494. The summed E-state index contributed by atoms with van der Waals surface area (Å²) in [7, 11) is 5.69. The van der Waals surface area contributed by atoms with Gasteiger partial charge in [0.1, 0.15) is 10.2 Å². The molecule has 5 heteroatoms. The first kappa shape index (κ1) is 9.84. The highest BCUT2D eigenvalue weighted by atomic mass is 35.5. The topological polar surface area (TPSA) is 21.1 Å². The van der Waals surface area contributed by atoms with E-state index in [2.05, 4.69) is 5.10 Å². The molecule has 0 saturated heterocycles. The van der Waals surface area contributed by atoms with Gasteiger partial charge in [0, 0.05) is 13.6 Å². The van der Waals surface area contributed by atoms with Gasteiger partial charge in [0.05, 0.1) is 5.69 Å². The van der Waals surface area contributed by atoms with Gasteiger partial charge in [0.25, 0.3) is 0 Å². The van der Waals surface area contributed by atoms with Gasteiger partial charge in [-0.3, -0.25) is 4.68 Å². The molecule has 0 radical (unpaired) electrons. The SMILES string of the molecule is CN(C)Cc1nn(C)c(Cl)c1Cl. The maximum atomic E-state index is 5.92. The number of aryl methyl sites for hydroxylation is 1. The Kier molecular flexibility index (Phi) is 2.99. The lowest BCUT2D eigenvalue weighted by atomic mass is 10.4. The van der Waals surface area contributed by atoms with Gasteiger partial charge in [0.15, 0.2) is 0 Å². The lowest BCUT2D eigenvalue weighted by Gasteiger charge is -2.05. The van der Waals surface area contributed by atoms with Crippen LogP contribution in [0, 0.1) is 0 Å². The summed E-state index contributed by atoms with van der Waals surface area (Å²) in [5.41, 5.74) is 0.814. The quantitative estimate of drug-likeness (QED) is 0.738. The number of rotatable bonds is 2. The lowest BCUT2D eigenvalue weighted by molar-refractivity contribution is 0.395. The first-order chi connectivity index (χ1) is 5.52. The Morgan fingerprint density at radius 1 is 1.42 bits per heavy atom. The third-order valence-corrected chi connectivity index (χ3v) is 2.38. The summed E-state index contributed by atoms with van der Waals surface area (Å²) in [6, 6.07) is 0. The van der Waals surface area contributed by atoms with Gasteiger partial charge in [-0.05, 0) is 14.1 Å². The fraction of sp³-hybridized carbons (Fsp3) is 0.571. The summed E-state index contributed by atoms with van der Waals surface area (Å²) in [4.78, 5) is 1.99. The average Bonchev–Trinajstić information content (AvgIpc) is 2.17. The van der Waals surface area contributed by atoms with Crippen LogP contribution >= 0.6 is 23.2 Å². The molecule has 0 spiro atoms. The molecule has 3 nitrogen and oxygen atoms in total. The molecule has 1 heterocycles. The number of aromatic nitrogens is 2.